The van der Waals surface area contributed by atoms with Crippen molar-refractivity contribution in [1.29, 1.82) is 0 Å². The van der Waals surface area contributed by atoms with E-state index in [1.165, 1.54) is 5.56 Å². The first-order chi connectivity index (χ1) is 13.6. The zero-order valence-corrected chi connectivity index (χ0v) is 18.3. The van der Waals surface area contributed by atoms with Crippen LogP contribution < -0.4 is 10.1 Å². The fourth-order valence-electron chi connectivity index (χ4n) is 3.01. The predicted molar refractivity (Wildman–Crippen MR) is 121 cm³/mol. The summed E-state index contributed by atoms with van der Waals surface area (Å²) in [4.78, 5) is 0. The second kappa shape index (κ2) is 10.7. The average molecular weight is 459 g/mol. The third kappa shape index (κ3) is 6.37. The maximum Gasteiger partial charge on any atom is 0.124 e. The van der Waals surface area contributed by atoms with Gasteiger partial charge in [-0.3, -0.25) is 0 Å². The Morgan fingerprint density at radius 3 is 2.50 bits per heavy atom. The fraction of sp³-hybridized carbons (Fsp3) is 0.250. The second-order valence-electron chi connectivity index (χ2n) is 6.94. The first-order valence-corrected chi connectivity index (χ1v) is 10.7. The van der Waals surface area contributed by atoms with E-state index in [9.17, 15) is 0 Å². The Balaban J connectivity index is 1.57. The van der Waals surface area contributed by atoms with Gasteiger partial charge in [0.1, 0.15) is 12.4 Å². The molecule has 0 amide bonds. The van der Waals surface area contributed by atoms with Gasteiger partial charge in [0.2, 0.25) is 0 Å². The summed E-state index contributed by atoms with van der Waals surface area (Å²) in [6, 6.07) is 24.9. The van der Waals surface area contributed by atoms with E-state index in [0.717, 1.165) is 45.8 Å². The summed E-state index contributed by atoms with van der Waals surface area (Å²) < 4.78 is 7.12. The molecule has 2 nitrogen and oxygen atoms in total. The topological polar surface area (TPSA) is 21.3 Å². The minimum absolute atomic E-state index is 0.413. The highest BCUT2D eigenvalue weighted by atomic mass is 79.9. The lowest BCUT2D eigenvalue weighted by Gasteiger charge is -2.17. The van der Waals surface area contributed by atoms with E-state index in [4.69, 9.17) is 16.3 Å². The van der Waals surface area contributed by atoms with Crippen LogP contribution in [-0.2, 0) is 19.6 Å². The number of ether oxygens (including phenoxy) is 1. The molecule has 0 saturated carbocycles. The maximum absolute atomic E-state index is 6.24. The monoisotopic (exact) mass is 457 g/mol. The standard InChI is InChI=1S/C24H25BrClNO/c1-18(11-12-19-7-3-2-4-8-19)27-16-21-15-22(25)13-14-24(21)28-17-20-9-5-6-10-23(20)26/h2-10,13-15,18,27H,11-12,16-17H2,1H3/t18-/m0/s1. The van der Waals surface area contributed by atoms with Crippen molar-refractivity contribution in [3.63, 3.8) is 0 Å². The molecule has 3 aromatic carbocycles. The van der Waals surface area contributed by atoms with Gasteiger partial charge in [-0.05, 0) is 49.6 Å². The largest absolute Gasteiger partial charge is 0.489 e. The predicted octanol–water partition coefficient (Wildman–Crippen LogP) is 6.79. The van der Waals surface area contributed by atoms with Crippen LogP contribution in [0.1, 0.15) is 30.0 Å². The molecule has 0 spiro atoms. The highest BCUT2D eigenvalue weighted by Gasteiger charge is 2.09. The van der Waals surface area contributed by atoms with Crippen LogP contribution in [0.15, 0.2) is 77.3 Å². The highest BCUT2D eigenvalue weighted by Crippen LogP contribution is 2.25. The van der Waals surface area contributed by atoms with Gasteiger partial charge >= 0.3 is 0 Å². The van der Waals surface area contributed by atoms with E-state index in [1.807, 2.05) is 36.4 Å². The smallest absolute Gasteiger partial charge is 0.124 e. The van der Waals surface area contributed by atoms with E-state index in [0.29, 0.717) is 12.6 Å². The highest BCUT2D eigenvalue weighted by molar-refractivity contribution is 9.10. The van der Waals surface area contributed by atoms with Gasteiger partial charge in [-0.2, -0.15) is 0 Å². The van der Waals surface area contributed by atoms with E-state index < -0.39 is 0 Å². The van der Waals surface area contributed by atoms with Crippen molar-refractivity contribution >= 4 is 27.5 Å². The van der Waals surface area contributed by atoms with Gasteiger partial charge in [0.25, 0.3) is 0 Å². The lowest BCUT2D eigenvalue weighted by atomic mass is 10.1. The summed E-state index contributed by atoms with van der Waals surface area (Å²) in [7, 11) is 0. The molecule has 0 heterocycles. The van der Waals surface area contributed by atoms with Gasteiger partial charge in [-0.25, -0.2) is 0 Å². The second-order valence-corrected chi connectivity index (χ2v) is 8.26. The molecule has 1 N–H and O–H groups in total. The minimum Gasteiger partial charge on any atom is -0.489 e. The van der Waals surface area contributed by atoms with Crippen molar-refractivity contribution in [3.8, 4) is 5.75 Å². The third-order valence-electron chi connectivity index (χ3n) is 4.71. The fourth-order valence-corrected chi connectivity index (χ4v) is 3.61. The van der Waals surface area contributed by atoms with Crippen LogP contribution in [0.2, 0.25) is 5.02 Å². The van der Waals surface area contributed by atoms with Gasteiger partial charge in [-0.15, -0.1) is 0 Å². The number of halogens is 2. The lowest BCUT2D eigenvalue weighted by Crippen LogP contribution is -2.26. The van der Waals surface area contributed by atoms with Crippen molar-refractivity contribution in [2.45, 2.75) is 39.0 Å². The number of hydrogen-bond donors (Lipinski definition) is 1. The molecule has 3 rings (SSSR count). The Kier molecular flexibility index (Phi) is 7.96. The van der Waals surface area contributed by atoms with Crippen LogP contribution in [-0.4, -0.2) is 6.04 Å². The van der Waals surface area contributed by atoms with Crippen LogP contribution in [0.5, 0.6) is 5.75 Å². The first kappa shape index (κ1) is 20.9. The first-order valence-electron chi connectivity index (χ1n) is 9.54. The Hall–Kier alpha value is -1.81. The molecule has 0 aliphatic heterocycles. The molecule has 0 radical (unpaired) electrons. The number of benzene rings is 3. The Morgan fingerprint density at radius 2 is 1.71 bits per heavy atom. The Bertz CT molecular complexity index is 885. The number of nitrogens with one attached hydrogen (secondary N) is 1. The SMILES string of the molecule is C[C@@H](CCc1ccccc1)NCc1cc(Br)ccc1OCc1ccccc1Cl. The summed E-state index contributed by atoms with van der Waals surface area (Å²) in [6.45, 7) is 3.44. The number of hydrogen-bond acceptors (Lipinski definition) is 2. The summed E-state index contributed by atoms with van der Waals surface area (Å²) in [5.74, 6) is 0.880. The maximum atomic E-state index is 6.24. The minimum atomic E-state index is 0.413. The molecule has 28 heavy (non-hydrogen) atoms. The van der Waals surface area contributed by atoms with Gasteiger partial charge in [-0.1, -0.05) is 76.1 Å². The van der Waals surface area contributed by atoms with Crippen LogP contribution in [0.3, 0.4) is 0 Å². The normalized spacial score (nSPS) is 12.0. The van der Waals surface area contributed by atoms with Crippen LogP contribution in [0, 0.1) is 0 Å². The van der Waals surface area contributed by atoms with Crippen molar-refractivity contribution in [2.75, 3.05) is 0 Å². The van der Waals surface area contributed by atoms with Crippen molar-refractivity contribution in [1.82, 2.24) is 5.32 Å². The molecule has 0 bridgehead atoms. The van der Waals surface area contributed by atoms with Crippen LogP contribution >= 0.6 is 27.5 Å². The molecule has 1 atom stereocenters. The molecule has 0 aliphatic carbocycles. The molecular weight excluding hydrogens is 434 g/mol. The summed E-state index contributed by atoms with van der Waals surface area (Å²) >= 11 is 9.81. The Morgan fingerprint density at radius 1 is 0.964 bits per heavy atom. The van der Waals surface area contributed by atoms with Crippen molar-refractivity contribution in [2.24, 2.45) is 0 Å². The molecule has 146 valence electrons. The molecule has 0 fully saturated rings. The molecule has 3 aromatic rings. The van der Waals surface area contributed by atoms with Crippen LogP contribution in [0.4, 0.5) is 0 Å². The van der Waals surface area contributed by atoms with Gasteiger partial charge in [0.15, 0.2) is 0 Å². The molecular formula is C24H25BrClNO. The lowest BCUT2D eigenvalue weighted by molar-refractivity contribution is 0.301. The van der Waals surface area contributed by atoms with E-state index in [-0.39, 0.29) is 0 Å². The summed E-state index contributed by atoms with van der Waals surface area (Å²) in [5.41, 5.74) is 3.50. The van der Waals surface area contributed by atoms with Gasteiger partial charge < -0.3 is 10.1 Å². The molecule has 4 heteroatoms. The van der Waals surface area contributed by atoms with E-state index in [1.54, 1.807) is 0 Å². The zero-order chi connectivity index (χ0) is 19.8. The van der Waals surface area contributed by atoms with Crippen molar-refractivity contribution < 1.29 is 4.74 Å². The Labute approximate surface area is 181 Å². The summed E-state index contributed by atoms with van der Waals surface area (Å²) in [6.07, 6.45) is 2.16. The van der Waals surface area contributed by atoms with E-state index in [2.05, 4.69) is 64.6 Å². The third-order valence-corrected chi connectivity index (χ3v) is 5.58. The van der Waals surface area contributed by atoms with Crippen molar-refractivity contribution in [3.05, 3.63) is 99.0 Å². The summed E-state index contributed by atoms with van der Waals surface area (Å²) in [5, 5.41) is 4.35. The number of rotatable bonds is 9. The van der Waals surface area contributed by atoms with Gasteiger partial charge in [0.05, 0.1) is 0 Å². The molecule has 0 saturated heterocycles. The zero-order valence-electron chi connectivity index (χ0n) is 16.0. The van der Waals surface area contributed by atoms with Gasteiger partial charge in [0, 0.05) is 33.2 Å². The van der Waals surface area contributed by atoms with Crippen LogP contribution in [0.25, 0.3) is 0 Å². The number of aryl methyl sites for hydroxylation is 1. The quantitative estimate of drug-likeness (QED) is 0.381. The average Bonchev–Trinajstić information content (AvgIpc) is 2.72. The molecule has 0 aromatic heterocycles. The molecule has 0 aliphatic rings. The molecule has 0 unspecified atom stereocenters. The van der Waals surface area contributed by atoms with E-state index >= 15 is 0 Å².